The minimum atomic E-state index is -0.512. The fraction of sp³-hybridized carbons (Fsp3) is 0.533. The van der Waals surface area contributed by atoms with E-state index in [1.54, 1.807) is 14.0 Å². The molecule has 112 valence electrons. The Morgan fingerprint density at radius 2 is 2.00 bits per heavy atom. The van der Waals surface area contributed by atoms with Crippen LogP contribution >= 0.6 is 0 Å². The van der Waals surface area contributed by atoms with Crippen LogP contribution in [0.4, 0.5) is 8.78 Å². The first-order chi connectivity index (χ1) is 9.38. The average molecular weight is 284 g/mol. The molecule has 2 atom stereocenters. The lowest BCUT2D eigenvalue weighted by Gasteiger charge is -2.28. The fourth-order valence-corrected chi connectivity index (χ4v) is 2.03. The molecule has 1 amide bonds. The topological polar surface area (TPSA) is 32.3 Å². The highest BCUT2D eigenvalue weighted by Crippen LogP contribution is 2.23. The molecule has 0 aliphatic heterocycles. The number of nitrogens with one attached hydrogen (secondary N) is 1. The van der Waals surface area contributed by atoms with Gasteiger partial charge in [0.1, 0.15) is 11.6 Å². The van der Waals surface area contributed by atoms with Gasteiger partial charge in [-0.2, -0.15) is 0 Å². The summed E-state index contributed by atoms with van der Waals surface area (Å²) in [6, 6.07) is 2.78. The van der Waals surface area contributed by atoms with Gasteiger partial charge in [0.25, 0.3) is 0 Å². The maximum atomic E-state index is 13.7. The highest BCUT2D eigenvalue weighted by atomic mass is 19.1. The third-order valence-corrected chi connectivity index (χ3v) is 3.46. The van der Waals surface area contributed by atoms with Crippen molar-refractivity contribution < 1.29 is 13.6 Å². The molecule has 3 nitrogen and oxygen atoms in total. The second kappa shape index (κ2) is 7.33. The number of halogens is 2. The molecule has 0 aliphatic carbocycles. The number of nitrogens with zero attached hydrogens (tertiary/aromatic N) is 1. The number of carbonyl (C=O) groups is 1. The molecule has 1 rings (SSSR count). The van der Waals surface area contributed by atoms with Crippen LogP contribution in [0, 0.1) is 17.6 Å². The van der Waals surface area contributed by atoms with E-state index >= 15 is 0 Å². The van der Waals surface area contributed by atoms with E-state index in [-0.39, 0.29) is 17.4 Å². The molecule has 0 radical (unpaired) electrons. The zero-order valence-electron chi connectivity index (χ0n) is 12.4. The first-order valence-electron chi connectivity index (χ1n) is 6.80. The summed E-state index contributed by atoms with van der Waals surface area (Å²) in [5.41, 5.74) is 0.191. The van der Waals surface area contributed by atoms with Gasteiger partial charge in [0.15, 0.2) is 0 Å². The fourth-order valence-electron chi connectivity index (χ4n) is 2.03. The Morgan fingerprint density at radius 3 is 2.60 bits per heavy atom. The SMILES string of the molecule is CCNCC(C)C(=O)N(C)C(C)c1cc(F)ccc1F. The van der Waals surface area contributed by atoms with Gasteiger partial charge in [0, 0.05) is 25.1 Å². The summed E-state index contributed by atoms with van der Waals surface area (Å²) < 4.78 is 26.9. The predicted molar refractivity (Wildman–Crippen MR) is 75.3 cm³/mol. The number of hydrogen-bond donors (Lipinski definition) is 1. The summed E-state index contributed by atoms with van der Waals surface area (Å²) in [6.45, 7) is 6.82. The molecule has 0 saturated carbocycles. The molecule has 20 heavy (non-hydrogen) atoms. The third kappa shape index (κ3) is 4.00. The van der Waals surface area contributed by atoms with Gasteiger partial charge in [0.2, 0.25) is 5.91 Å². The maximum Gasteiger partial charge on any atom is 0.226 e. The van der Waals surface area contributed by atoms with E-state index in [1.807, 2.05) is 13.8 Å². The molecule has 0 bridgehead atoms. The lowest BCUT2D eigenvalue weighted by atomic mass is 10.0. The molecular weight excluding hydrogens is 262 g/mol. The van der Waals surface area contributed by atoms with E-state index in [0.717, 1.165) is 24.7 Å². The van der Waals surface area contributed by atoms with Gasteiger partial charge < -0.3 is 10.2 Å². The van der Waals surface area contributed by atoms with E-state index < -0.39 is 17.7 Å². The molecule has 0 spiro atoms. The van der Waals surface area contributed by atoms with Crippen LogP contribution in [0.3, 0.4) is 0 Å². The Bertz CT molecular complexity index is 465. The van der Waals surface area contributed by atoms with Crippen LogP contribution < -0.4 is 5.32 Å². The molecule has 1 N–H and O–H groups in total. The smallest absolute Gasteiger partial charge is 0.226 e. The number of rotatable bonds is 6. The first kappa shape index (κ1) is 16.6. The third-order valence-electron chi connectivity index (χ3n) is 3.46. The van der Waals surface area contributed by atoms with Crippen molar-refractivity contribution in [3.05, 3.63) is 35.4 Å². The normalized spacial score (nSPS) is 13.9. The number of amides is 1. The first-order valence-corrected chi connectivity index (χ1v) is 6.80. The average Bonchev–Trinajstić information content (AvgIpc) is 2.44. The van der Waals surface area contributed by atoms with E-state index in [1.165, 1.54) is 4.90 Å². The van der Waals surface area contributed by atoms with Crippen molar-refractivity contribution in [1.29, 1.82) is 0 Å². The van der Waals surface area contributed by atoms with Crippen molar-refractivity contribution in [1.82, 2.24) is 10.2 Å². The van der Waals surface area contributed by atoms with Crippen LogP contribution in [0.15, 0.2) is 18.2 Å². The van der Waals surface area contributed by atoms with Crippen molar-refractivity contribution in [2.75, 3.05) is 20.1 Å². The summed E-state index contributed by atoms with van der Waals surface area (Å²) in [4.78, 5) is 13.7. The van der Waals surface area contributed by atoms with E-state index in [2.05, 4.69) is 5.32 Å². The van der Waals surface area contributed by atoms with Crippen molar-refractivity contribution in [2.45, 2.75) is 26.8 Å². The standard InChI is InChI=1S/C15H22F2N2O/c1-5-18-9-10(2)15(20)19(4)11(3)13-8-12(16)6-7-14(13)17/h6-8,10-11,18H,5,9H2,1-4H3. The van der Waals surface area contributed by atoms with Crippen LogP contribution in [0.25, 0.3) is 0 Å². The van der Waals surface area contributed by atoms with E-state index in [9.17, 15) is 13.6 Å². The zero-order valence-corrected chi connectivity index (χ0v) is 12.4. The predicted octanol–water partition coefficient (Wildman–Crippen LogP) is 2.73. The van der Waals surface area contributed by atoms with Gasteiger partial charge in [0.05, 0.1) is 6.04 Å². The van der Waals surface area contributed by atoms with Crippen LogP contribution in [0.2, 0.25) is 0 Å². The molecule has 0 fully saturated rings. The summed E-state index contributed by atoms with van der Waals surface area (Å²) in [5, 5.41) is 3.10. The molecule has 0 heterocycles. The van der Waals surface area contributed by atoms with Gasteiger partial charge in [-0.3, -0.25) is 4.79 Å². The van der Waals surface area contributed by atoms with Crippen LogP contribution in [0.1, 0.15) is 32.4 Å². The summed E-state index contributed by atoms with van der Waals surface area (Å²) >= 11 is 0. The van der Waals surface area contributed by atoms with Gasteiger partial charge >= 0.3 is 0 Å². The van der Waals surface area contributed by atoms with Crippen molar-refractivity contribution >= 4 is 5.91 Å². The largest absolute Gasteiger partial charge is 0.339 e. The van der Waals surface area contributed by atoms with Crippen LogP contribution in [-0.4, -0.2) is 30.9 Å². The lowest BCUT2D eigenvalue weighted by molar-refractivity contribution is -0.135. The molecule has 2 unspecified atom stereocenters. The van der Waals surface area contributed by atoms with Gasteiger partial charge in [-0.25, -0.2) is 8.78 Å². The molecule has 0 aromatic heterocycles. The zero-order chi connectivity index (χ0) is 15.3. The van der Waals surface area contributed by atoms with Gasteiger partial charge in [-0.1, -0.05) is 13.8 Å². The molecule has 1 aromatic carbocycles. The Balaban J connectivity index is 2.82. The second-order valence-electron chi connectivity index (χ2n) is 5.00. The van der Waals surface area contributed by atoms with Gasteiger partial charge in [-0.05, 0) is 31.7 Å². The van der Waals surface area contributed by atoms with Crippen LogP contribution in [-0.2, 0) is 4.79 Å². The highest BCUT2D eigenvalue weighted by Gasteiger charge is 2.24. The number of carbonyl (C=O) groups excluding carboxylic acids is 1. The van der Waals surface area contributed by atoms with Crippen molar-refractivity contribution in [3.63, 3.8) is 0 Å². The monoisotopic (exact) mass is 284 g/mol. The Kier molecular flexibility index (Phi) is 6.07. The summed E-state index contributed by atoms with van der Waals surface area (Å²) in [6.07, 6.45) is 0. The van der Waals surface area contributed by atoms with Crippen molar-refractivity contribution in [2.24, 2.45) is 5.92 Å². The quantitative estimate of drug-likeness (QED) is 0.871. The van der Waals surface area contributed by atoms with Crippen LogP contribution in [0.5, 0.6) is 0 Å². The molecule has 1 aromatic rings. The van der Waals surface area contributed by atoms with Crippen molar-refractivity contribution in [3.8, 4) is 0 Å². The summed E-state index contributed by atoms with van der Waals surface area (Å²) in [7, 11) is 1.61. The molecule has 0 saturated heterocycles. The molecular formula is C15H22F2N2O. The van der Waals surface area contributed by atoms with E-state index in [0.29, 0.717) is 6.54 Å². The number of hydrogen-bond acceptors (Lipinski definition) is 2. The lowest BCUT2D eigenvalue weighted by Crippen LogP contribution is -2.38. The highest BCUT2D eigenvalue weighted by molar-refractivity contribution is 5.78. The number of benzene rings is 1. The summed E-state index contributed by atoms with van der Waals surface area (Å²) in [5.74, 6) is -1.31. The van der Waals surface area contributed by atoms with Gasteiger partial charge in [-0.15, -0.1) is 0 Å². The Hall–Kier alpha value is -1.49. The maximum absolute atomic E-state index is 13.7. The Morgan fingerprint density at radius 1 is 1.35 bits per heavy atom. The molecule has 5 heteroatoms. The van der Waals surface area contributed by atoms with E-state index in [4.69, 9.17) is 0 Å². The molecule has 0 aliphatic rings. The second-order valence-corrected chi connectivity index (χ2v) is 5.00. The Labute approximate surface area is 119 Å². The minimum absolute atomic E-state index is 0.0953. The minimum Gasteiger partial charge on any atom is -0.339 e.